The predicted molar refractivity (Wildman–Crippen MR) is 128 cm³/mol. The maximum atomic E-state index is 13.1. The molecular formula is C26H26N2O2S. The van der Waals surface area contributed by atoms with Crippen molar-refractivity contribution in [2.45, 2.75) is 44.6 Å². The number of nitrogens with one attached hydrogen (secondary N) is 1. The van der Waals surface area contributed by atoms with Gasteiger partial charge in [-0.15, -0.1) is 11.3 Å². The largest absolute Gasteiger partial charge is 0.350 e. The number of thiophene rings is 1. The van der Waals surface area contributed by atoms with Gasteiger partial charge in [0.15, 0.2) is 0 Å². The number of nitrogens with zero attached hydrogens (tertiary/aromatic N) is 1. The number of aryl methyl sites for hydroxylation is 1. The number of carbonyl (C=O) groups excluding carboxylic acids is 1. The molecular weight excluding hydrogens is 404 g/mol. The molecule has 0 bridgehead atoms. The smallest absolute Gasteiger partial charge is 0.261 e. The molecule has 0 aliphatic heterocycles. The summed E-state index contributed by atoms with van der Waals surface area (Å²) in [5.41, 5.74) is 2.21. The first-order valence-electron chi connectivity index (χ1n) is 11.0. The maximum absolute atomic E-state index is 13.1. The molecule has 1 saturated carbocycles. The zero-order chi connectivity index (χ0) is 21.4. The lowest BCUT2D eigenvalue weighted by atomic mass is 9.79. The van der Waals surface area contributed by atoms with Crippen molar-refractivity contribution >= 4 is 38.2 Å². The molecule has 1 N–H and O–H groups in total. The van der Waals surface area contributed by atoms with Crippen LogP contribution in [0.2, 0.25) is 0 Å². The Morgan fingerprint density at radius 2 is 1.74 bits per heavy atom. The van der Waals surface area contributed by atoms with Gasteiger partial charge in [0, 0.05) is 28.6 Å². The van der Waals surface area contributed by atoms with E-state index in [9.17, 15) is 9.59 Å². The molecule has 5 rings (SSSR count). The number of hydrogen-bond donors (Lipinski definition) is 1. The van der Waals surface area contributed by atoms with Crippen molar-refractivity contribution in [1.29, 1.82) is 0 Å². The third-order valence-electron chi connectivity index (χ3n) is 6.72. The SMILES string of the molecule is CCn1c(=O)c2cc(C(=O)NCC3(c4ccccc4)CCCC3)sc2c2ccccc21. The van der Waals surface area contributed by atoms with Gasteiger partial charge in [-0.3, -0.25) is 9.59 Å². The van der Waals surface area contributed by atoms with E-state index in [4.69, 9.17) is 0 Å². The highest BCUT2D eigenvalue weighted by Crippen LogP contribution is 2.40. The number of hydrogen-bond acceptors (Lipinski definition) is 3. The van der Waals surface area contributed by atoms with Gasteiger partial charge >= 0.3 is 0 Å². The van der Waals surface area contributed by atoms with Crippen LogP contribution in [0.3, 0.4) is 0 Å². The van der Waals surface area contributed by atoms with Gasteiger partial charge in [-0.05, 0) is 37.5 Å². The molecule has 1 aliphatic rings. The van der Waals surface area contributed by atoms with Gasteiger partial charge in [0.2, 0.25) is 0 Å². The van der Waals surface area contributed by atoms with Crippen LogP contribution in [0.5, 0.6) is 0 Å². The summed E-state index contributed by atoms with van der Waals surface area (Å²) in [6.45, 7) is 3.21. The van der Waals surface area contributed by atoms with Gasteiger partial charge in [0.25, 0.3) is 11.5 Å². The second-order valence-corrected chi connectivity index (χ2v) is 9.51. The first-order chi connectivity index (χ1) is 15.1. The Kier molecular flexibility index (Phi) is 5.14. The fraction of sp³-hybridized carbons (Fsp3) is 0.308. The number of carbonyl (C=O) groups is 1. The first kappa shape index (κ1) is 20.0. The van der Waals surface area contributed by atoms with Crippen LogP contribution in [0, 0.1) is 0 Å². The Morgan fingerprint density at radius 3 is 2.48 bits per heavy atom. The van der Waals surface area contributed by atoms with Crippen LogP contribution in [0.4, 0.5) is 0 Å². The quantitative estimate of drug-likeness (QED) is 0.456. The van der Waals surface area contributed by atoms with Gasteiger partial charge < -0.3 is 9.88 Å². The molecule has 2 aromatic heterocycles. The molecule has 4 aromatic rings. The van der Waals surface area contributed by atoms with E-state index in [1.807, 2.05) is 37.3 Å². The van der Waals surface area contributed by atoms with Crippen LogP contribution in [0.1, 0.15) is 47.8 Å². The molecule has 0 unspecified atom stereocenters. The highest BCUT2D eigenvalue weighted by atomic mass is 32.1. The minimum atomic E-state index is -0.0880. The number of amides is 1. The second-order valence-electron chi connectivity index (χ2n) is 8.46. The van der Waals surface area contributed by atoms with Crippen molar-refractivity contribution in [1.82, 2.24) is 9.88 Å². The zero-order valence-electron chi connectivity index (χ0n) is 17.7. The van der Waals surface area contributed by atoms with Crippen LogP contribution < -0.4 is 10.9 Å². The van der Waals surface area contributed by atoms with Gasteiger partial charge in [0.1, 0.15) is 0 Å². The molecule has 0 radical (unpaired) electrons. The third kappa shape index (κ3) is 3.37. The molecule has 1 fully saturated rings. The topological polar surface area (TPSA) is 51.1 Å². The molecule has 4 nitrogen and oxygen atoms in total. The average Bonchev–Trinajstić information content (AvgIpc) is 3.47. The van der Waals surface area contributed by atoms with Gasteiger partial charge in [-0.1, -0.05) is 61.4 Å². The fourth-order valence-electron chi connectivity index (χ4n) is 5.08. The van der Waals surface area contributed by atoms with Crippen molar-refractivity contribution in [2.75, 3.05) is 6.54 Å². The molecule has 158 valence electrons. The molecule has 2 aromatic carbocycles. The van der Waals surface area contributed by atoms with E-state index < -0.39 is 0 Å². The lowest BCUT2D eigenvalue weighted by Crippen LogP contribution is -2.38. The standard InChI is InChI=1S/C26H26N2O2S/c1-2-28-21-13-7-6-12-19(21)23-20(25(28)30)16-22(31-23)24(29)27-17-26(14-8-9-15-26)18-10-4-3-5-11-18/h3-7,10-13,16H,2,8-9,14-15,17H2,1H3,(H,27,29). The molecule has 1 aliphatic carbocycles. The predicted octanol–water partition coefficient (Wildman–Crippen LogP) is 5.48. The summed E-state index contributed by atoms with van der Waals surface area (Å²) in [6, 6.07) is 20.3. The van der Waals surface area contributed by atoms with E-state index in [1.54, 1.807) is 10.6 Å². The van der Waals surface area contributed by atoms with Gasteiger partial charge in [0.05, 0.1) is 15.8 Å². The second kappa shape index (κ2) is 7.97. The Balaban J connectivity index is 1.49. The van der Waals surface area contributed by atoms with E-state index in [-0.39, 0.29) is 16.9 Å². The molecule has 31 heavy (non-hydrogen) atoms. The Bertz CT molecular complexity index is 1310. The van der Waals surface area contributed by atoms with Gasteiger partial charge in [-0.2, -0.15) is 0 Å². The number of pyridine rings is 1. The van der Waals surface area contributed by atoms with Crippen LogP contribution in [-0.4, -0.2) is 17.0 Å². The van der Waals surface area contributed by atoms with E-state index in [0.717, 1.165) is 28.4 Å². The normalized spacial score (nSPS) is 15.5. The Morgan fingerprint density at radius 1 is 1.03 bits per heavy atom. The summed E-state index contributed by atoms with van der Waals surface area (Å²) in [4.78, 5) is 26.8. The monoisotopic (exact) mass is 430 g/mol. The van der Waals surface area contributed by atoms with Crippen molar-refractivity contribution in [2.24, 2.45) is 0 Å². The minimum Gasteiger partial charge on any atom is -0.350 e. The number of fused-ring (bicyclic) bond motifs is 3. The summed E-state index contributed by atoms with van der Waals surface area (Å²) < 4.78 is 2.68. The van der Waals surface area contributed by atoms with E-state index in [2.05, 4.69) is 29.6 Å². The summed E-state index contributed by atoms with van der Waals surface area (Å²) in [6.07, 6.45) is 4.57. The lowest BCUT2D eigenvalue weighted by Gasteiger charge is -2.30. The summed E-state index contributed by atoms with van der Waals surface area (Å²) in [7, 11) is 0. The first-order valence-corrected chi connectivity index (χ1v) is 11.8. The highest BCUT2D eigenvalue weighted by Gasteiger charge is 2.36. The molecule has 0 spiro atoms. The number of benzene rings is 2. The number of rotatable bonds is 5. The van der Waals surface area contributed by atoms with Crippen molar-refractivity contribution in [3.8, 4) is 0 Å². The highest BCUT2D eigenvalue weighted by molar-refractivity contribution is 7.21. The van der Waals surface area contributed by atoms with Crippen LogP contribution >= 0.6 is 11.3 Å². The average molecular weight is 431 g/mol. The Labute approximate surface area is 185 Å². The third-order valence-corrected chi connectivity index (χ3v) is 7.89. The van der Waals surface area contributed by atoms with Crippen molar-refractivity contribution in [3.05, 3.63) is 81.5 Å². The van der Waals surface area contributed by atoms with E-state index >= 15 is 0 Å². The van der Waals surface area contributed by atoms with Crippen LogP contribution in [0.15, 0.2) is 65.5 Å². The Hall–Kier alpha value is -2.92. The minimum absolute atomic E-state index is 0.00915. The van der Waals surface area contributed by atoms with E-state index in [0.29, 0.717) is 23.4 Å². The number of para-hydroxylation sites is 1. The van der Waals surface area contributed by atoms with Crippen molar-refractivity contribution < 1.29 is 4.79 Å². The van der Waals surface area contributed by atoms with Crippen LogP contribution in [0.25, 0.3) is 21.0 Å². The van der Waals surface area contributed by atoms with Crippen molar-refractivity contribution in [3.63, 3.8) is 0 Å². The lowest BCUT2D eigenvalue weighted by molar-refractivity contribution is 0.0947. The summed E-state index contributed by atoms with van der Waals surface area (Å²) >= 11 is 1.42. The molecule has 1 amide bonds. The summed E-state index contributed by atoms with van der Waals surface area (Å²) in [5.74, 6) is -0.0880. The molecule has 0 atom stereocenters. The molecule has 2 heterocycles. The molecule has 0 saturated heterocycles. The van der Waals surface area contributed by atoms with Gasteiger partial charge in [-0.25, -0.2) is 0 Å². The van der Waals surface area contributed by atoms with E-state index in [1.165, 1.54) is 29.7 Å². The fourth-order valence-corrected chi connectivity index (χ4v) is 6.18. The van der Waals surface area contributed by atoms with Crippen LogP contribution in [-0.2, 0) is 12.0 Å². The number of aromatic nitrogens is 1. The maximum Gasteiger partial charge on any atom is 0.261 e. The summed E-state index contributed by atoms with van der Waals surface area (Å²) in [5, 5.41) is 4.86. The zero-order valence-corrected chi connectivity index (χ0v) is 18.5. The molecule has 5 heteroatoms.